The number of anilines is 1. The van der Waals surface area contributed by atoms with Gasteiger partial charge in [-0.25, -0.2) is 23.1 Å². The van der Waals surface area contributed by atoms with Crippen LogP contribution in [0.2, 0.25) is 0 Å². The maximum atomic E-state index is 12.6. The maximum Gasteiger partial charge on any atom is 0.264 e. The number of hydrogen-bond acceptors (Lipinski definition) is 6. The summed E-state index contributed by atoms with van der Waals surface area (Å²) in [4.78, 5) is 8.23. The lowest BCUT2D eigenvalue weighted by Gasteiger charge is -2.11. The van der Waals surface area contributed by atoms with Crippen molar-refractivity contribution in [3.8, 4) is 22.6 Å². The number of ether oxygens (including phenoxy) is 2. The molecule has 0 aliphatic heterocycles. The first-order valence-electron chi connectivity index (χ1n) is 8.07. The lowest BCUT2D eigenvalue weighted by molar-refractivity contribution is 0.354. The predicted octanol–water partition coefficient (Wildman–Crippen LogP) is 3.91. The molecule has 0 atom stereocenters. The molecule has 0 saturated carbocycles. The maximum absolute atomic E-state index is 12.6. The summed E-state index contributed by atoms with van der Waals surface area (Å²) < 4.78 is 37.8. The van der Waals surface area contributed by atoms with Gasteiger partial charge in [0.05, 0.1) is 19.1 Å². The van der Waals surface area contributed by atoms with Gasteiger partial charge in [-0.2, -0.15) is 0 Å². The average Bonchev–Trinajstić information content (AvgIpc) is 2.68. The van der Waals surface area contributed by atoms with E-state index in [1.807, 2.05) is 31.2 Å². The zero-order valence-electron chi connectivity index (χ0n) is 15.1. The smallest absolute Gasteiger partial charge is 0.264 e. The van der Waals surface area contributed by atoms with Gasteiger partial charge in [-0.1, -0.05) is 37.3 Å². The summed E-state index contributed by atoms with van der Waals surface area (Å²) >= 11 is 0. The fourth-order valence-electron chi connectivity index (χ4n) is 2.44. The minimum absolute atomic E-state index is 0. The van der Waals surface area contributed by atoms with E-state index in [4.69, 9.17) is 9.47 Å². The van der Waals surface area contributed by atoms with Gasteiger partial charge in [0.2, 0.25) is 5.95 Å². The highest BCUT2D eigenvalue weighted by atomic mass is 32.2. The second-order valence-corrected chi connectivity index (χ2v) is 7.47. The molecule has 0 aliphatic rings. The molecule has 8 heteroatoms. The van der Waals surface area contributed by atoms with Crippen LogP contribution in [-0.4, -0.2) is 32.6 Å². The molecule has 3 rings (SSSR count). The number of methoxy groups -OCH3 is 2. The van der Waals surface area contributed by atoms with Crippen LogP contribution in [0.1, 0.15) is 13.0 Å². The number of nitrogens with zero attached hydrogens (tertiary/aromatic N) is 2. The van der Waals surface area contributed by atoms with Gasteiger partial charge in [-0.05, 0) is 24.6 Å². The minimum Gasteiger partial charge on any atom is -0.493 e. The number of benzene rings is 2. The highest BCUT2D eigenvalue weighted by molar-refractivity contribution is 7.92. The second-order valence-electron chi connectivity index (χ2n) is 5.78. The molecule has 1 N–H and O–H groups in total. The summed E-state index contributed by atoms with van der Waals surface area (Å²) in [5, 5.41) is 0. The summed E-state index contributed by atoms with van der Waals surface area (Å²) in [6.45, 7) is 2.01. The summed E-state index contributed by atoms with van der Waals surface area (Å²) in [6.07, 6.45) is 3.15. The Morgan fingerprint density at radius 3 is 2.04 bits per heavy atom. The van der Waals surface area contributed by atoms with E-state index in [2.05, 4.69) is 14.7 Å². The van der Waals surface area contributed by atoms with Crippen LogP contribution in [0.5, 0.6) is 11.5 Å². The van der Waals surface area contributed by atoms with Gasteiger partial charge in [-0.15, -0.1) is 0 Å². The summed E-state index contributed by atoms with van der Waals surface area (Å²) in [6, 6.07) is 12.2. The van der Waals surface area contributed by atoms with E-state index in [0.29, 0.717) is 11.5 Å². The van der Waals surface area contributed by atoms with Crippen LogP contribution in [0, 0.1) is 6.92 Å². The van der Waals surface area contributed by atoms with E-state index in [1.165, 1.54) is 32.4 Å². The van der Waals surface area contributed by atoms with Crippen LogP contribution in [-0.2, 0) is 10.0 Å². The van der Waals surface area contributed by atoms with Gasteiger partial charge in [0.1, 0.15) is 0 Å². The Kier molecular flexibility index (Phi) is 6.58. The van der Waals surface area contributed by atoms with Crippen molar-refractivity contribution < 1.29 is 17.9 Å². The number of hydrogen-bond donors (Lipinski definition) is 1. The molecule has 3 aromatic rings. The first-order chi connectivity index (χ1) is 12.9. The van der Waals surface area contributed by atoms with Crippen LogP contribution in [0.25, 0.3) is 11.1 Å². The standard InChI is InChI=1S/C19H19N3O4S.CH4/c1-13-4-6-14(7-5-13)15-11-20-19(21-12-15)22-27(23,24)16-8-9-17(25-2)18(10-16)26-3;/h4-12H,1-3H3,(H,20,21,22);1H4. The fourth-order valence-corrected chi connectivity index (χ4v) is 3.41. The molecule has 2 aromatic carbocycles. The van der Waals surface area contributed by atoms with Gasteiger partial charge >= 0.3 is 0 Å². The molecule has 0 amide bonds. The molecule has 0 radical (unpaired) electrons. The van der Waals surface area contributed by atoms with E-state index in [0.717, 1.165) is 16.7 Å². The van der Waals surface area contributed by atoms with Gasteiger partial charge in [0, 0.05) is 24.0 Å². The van der Waals surface area contributed by atoms with Crippen LogP contribution in [0.4, 0.5) is 5.95 Å². The Balaban J connectivity index is 0.00000280. The van der Waals surface area contributed by atoms with E-state index >= 15 is 0 Å². The van der Waals surface area contributed by atoms with Crippen LogP contribution in [0.3, 0.4) is 0 Å². The molecule has 0 saturated heterocycles. The highest BCUT2D eigenvalue weighted by Gasteiger charge is 2.18. The summed E-state index contributed by atoms with van der Waals surface area (Å²) in [7, 11) is -0.946. The van der Waals surface area contributed by atoms with Crippen molar-refractivity contribution in [1.29, 1.82) is 0 Å². The SMILES string of the molecule is C.COc1ccc(S(=O)(=O)Nc2ncc(-c3ccc(C)cc3)cn2)cc1OC. The van der Waals surface area contributed by atoms with Gasteiger partial charge in [-0.3, -0.25) is 0 Å². The zero-order chi connectivity index (χ0) is 19.4. The molecular formula is C20H23N3O4S. The number of rotatable bonds is 6. The van der Waals surface area contributed by atoms with E-state index < -0.39 is 10.0 Å². The first kappa shape index (κ1) is 21.2. The monoisotopic (exact) mass is 401 g/mol. The van der Waals surface area contributed by atoms with Gasteiger partial charge < -0.3 is 9.47 Å². The molecule has 0 spiro atoms. The topological polar surface area (TPSA) is 90.4 Å². The van der Waals surface area contributed by atoms with Crippen molar-refractivity contribution >= 4 is 16.0 Å². The van der Waals surface area contributed by atoms with Crippen molar-refractivity contribution in [3.63, 3.8) is 0 Å². The third-order valence-electron chi connectivity index (χ3n) is 3.93. The van der Waals surface area contributed by atoms with Crippen LogP contribution >= 0.6 is 0 Å². The zero-order valence-corrected chi connectivity index (χ0v) is 15.9. The Morgan fingerprint density at radius 1 is 0.857 bits per heavy atom. The average molecular weight is 401 g/mol. The van der Waals surface area contributed by atoms with Gasteiger partial charge in [0.25, 0.3) is 10.0 Å². The van der Waals surface area contributed by atoms with E-state index in [1.54, 1.807) is 12.4 Å². The molecule has 0 bridgehead atoms. The fraction of sp³-hybridized carbons (Fsp3) is 0.200. The van der Waals surface area contributed by atoms with Crippen LogP contribution < -0.4 is 14.2 Å². The first-order valence-corrected chi connectivity index (χ1v) is 9.55. The molecule has 0 aliphatic carbocycles. The Hall–Kier alpha value is -3.13. The molecule has 28 heavy (non-hydrogen) atoms. The van der Waals surface area contributed by atoms with E-state index in [9.17, 15) is 8.42 Å². The lowest BCUT2D eigenvalue weighted by atomic mass is 10.1. The molecule has 148 valence electrons. The van der Waals surface area contributed by atoms with Gasteiger partial charge in [0.15, 0.2) is 11.5 Å². The molecular weight excluding hydrogens is 378 g/mol. The van der Waals surface area contributed by atoms with Crippen molar-refractivity contribution in [1.82, 2.24) is 9.97 Å². The van der Waals surface area contributed by atoms with E-state index in [-0.39, 0.29) is 18.3 Å². The Morgan fingerprint density at radius 2 is 1.46 bits per heavy atom. The molecule has 1 aromatic heterocycles. The third-order valence-corrected chi connectivity index (χ3v) is 5.25. The summed E-state index contributed by atoms with van der Waals surface area (Å²) in [5.41, 5.74) is 2.90. The third kappa shape index (κ3) is 4.58. The predicted molar refractivity (Wildman–Crippen MR) is 109 cm³/mol. The molecule has 0 unspecified atom stereocenters. The summed E-state index contributed by atoms with van der Waals surface area (Å²) in [5.74, 6) is 0.742. The van der Waals surface area contributed by atoms with Crippen molar-refractivity contribution in [2.45, 2.75) is 19.2 Å². The highest BCUT2D eigenvalue weighted by Crippen LogP contribution is 2.30. The minimum atomic E-state index is -3.86. The van der Waals surface area contributed by atoms with Crippen molar-refractivity contribution in [2.24, 2.45) is 0 Å². The van der Waals surface area contributed by atoms with Crippen molar-refractivity contribution in [3.05, 3.63) is 60.4 Å². The number of nitrogens with one attached hydrogen (secondary N) is 1. The quantitative estimate of drug-likeness (QED) is 0.674. The number of aromatic nitrogens is 2. The molecule has 7 nitrogen and oxygen atoms in total. The van der Waals surface area contributed by atoms with Crippen LogP contribution in [0.15, 0.2) is 59.8 Å². The normalized spacial score (nSPS) is 10.7. The number of sulfonamides is 1. The lowest BCUT2D eigenvalue weighted by Crippen LogP contribution is -2.15. The Bertz CT molecular complexity index is 1030. The largest absolute Gasteiger partial charge is 0.493 e. The molecule has 0 fully saturated rings. The Labute approximate surface area is 165 Å². The molecule has 1 heterocycles. The number of aryl methyl sites for hydroxylation is 1. The second kappa shape index (κ2) is 8.71. The van der Waals surface area contributed by atoms with Crippen molar-refractivity contribution in [2.75, 3.05) is 18.9 Å².